The Balaban J connectivity index is 2.10. The molecule has 1 N–H and O–H groups in total. The quantitative estimate of drug-likeness (QED) is 0.352. The van der Waals surface area contributed by atoms with E-state index in [4.69, 9.17) is 23.2 Å². The number of carbonyl (C=O) groups excluding carboxylic acids is 2. The Bertz CT molecular complexity index is 1410. The SMILES string of the molecule is CC[C@@H](C(=O)NC)N(Cc1ccccc1Cl)C(=O)CN(c1ccc(C)c(C)c1)S(=O)(=O)c1ccc(Cl)cc1. The first-order chi connectivity index (χ1) is 18.0. The molecule has 3 rings (SSSR count). The molecule has 3 aromatic rings. The minimum atomic E-state index is -4.17. The average molecular weight is 577 g/mol. The van der Waals surface area contributed by atoms with Crippen molar-refractivity contribution in [3.63, 3.8) is 0 Å². The van der Waals surface area contributed by atoms with Crippen LogP contribution in [0.3, 0.4) is 0 Å². The molecule has 0 heterocycles. The van der Waals surface area contributed by atoms with Gasteiger partial charge in [-0.3, -0.25) is 13.9 Å². The lowest BCUT2D eigenvalue weighted by Crippen LogP contribution is -2.51. The molecular weight excluding hydrogens is 545 g/mol. The molecule has 202 valence electrons. The summed E-state index contributed by atoms with van der Waals surface area (Å²) in [5.74, 6) is -0.901. The molecule has 0 bridgehead atoms. The third-order valence-corrected chi connectivity index (χ3v) is 8.80. The van der Waals surface area contributed by atoms with Gasteiger partial charge in [-0.25, -0.2) is 8.42 Å². The summed E-state index contributed by atoms with van der Waals surface area (Å²) in [7, 11) is -2.67. The third-order valence-electron chi connectivity index (χ3n) is 6.39. The summed E-state index contributed by atoms with van der Waals surface area (Å²) >= 11 is 12.4. The van der Waals surface area contributed by atoms with E-state index in [-0.39, 0.29) is 17.3 Å². The summed E-state index contributed by atoms with van der Waals surface area (Å²) in [5.41, 5.74) is 2.83. The van der Waals surface area contributed by atoms with Crippen LogP contribution >= 0.6 is 23.2 Å². The monoisotopic (exact) mass is 575 g/mol. The maximum absolute atomic E-state index is 13.9. The lowest BCUT2D eigenvalue weighted by molar-refractivity contribution is -0.140. The summed E-state index contributed by atoms with van der Waals surface area (Å²) in [6.07, 6.45) is 0.323. The van der Waals surface area contributed by atoms with Crippen molar-refractivity contribution in [3.05, 3.63) is 93.5 Å². The van der Waals surface area contributed by atoms with Gasteiger partial charge in [0.15, 0.2) is 0 Å². The van der Waals surface area contributed by atoms with E-state index in [0.717, 1.165) is 15.4 Å². The van der Waals surface area contributed by atoms with Gasteiger partial charge in [-0.2, -0.15) is 0 Å². The van der Waals surface area contributed by atoms with Gasteiger partial charge in [0.05, 0.1) is 10.6 Å². The molecule has 0 radical (unpaired) electrons. The summed E-state index contributed by atoms with van der Waals surface area (Å²) < 4.78 is 28.8. The number of halogens is 2. The number of nitrogens with zero attached hydrogens (tertiary/aromatic N) is 2. The normalized spacial score (nSPS) is 12.1. The molecule has 0 saturated heterocycles. The van der Waals surface area contributed by atoms with E-state index >= 15 is 0 Å². The van der Waals surface area contributed by atoms with Crippen LogP contribution in [0.5, 0.6) is 0 Å². The number of carbonyl (C=O) groups is 2. The Kier molecular flexibility index (Phi) is 9.82. The molecular formula is C28H31Cl2N3O4S. The van der Waals surface area contributed by atoms with Crippen LogP contribution in [0.1, 0.15) is 30.0 Å². The standard InChI is InChI=1S/C28H31Cl2N3O4S/c1-5-26(28(35)31-4)32(17-21-8-6-7-9-25(21)30)27(34)18-33(23-13-10-19(2)20(3)16-23)38(36,37)24-14-11-22(29)12-15-24/h6-16,26H,5,17-18H2,1-4H3,(H,31,35)/t26-/m0/s1. The first kappa shape index (κ1) is 29.5. The molecule has 10 heteroatoms. The van der Waals surface area contributed by atoms with Crippen molar-refractivity contribution in [3.8, 4) is 0 Å². The number of hydrogen-bond acceptors (Lipinski definition) is 4. The van der Waals surface area contributed by atoms with Crippen molar-refractivity contribution in [2.45, 2.75) is 44.7 Å². The fourth-order valence-electron chi connectivity index (χ4n) is 4.04. The molecule has 0 unspecified atom stereocenters. The van der Waals surface area contributed by atoms with Crippen molar-refractivity contribution in [2.75, 3.05) is 17.9 Å². The Labute approximate surface area is 234 Å². The van der Waals surface area contributed by atoms with E-state index in [9.17, 15) is 18.0 Å². The lowest BCUT2D eigenvalue weighted by Gasteiger charge is -2.33. The van der Waals surface area contributed by atoms with Gasteiger partial charge in [-0.1, -0.05) is 54.4 Å². The van der Waals surface area contributed by atoms with Gasteiger partial charge in [0.2, 0.25) is 11.8 Å². The van der Waals surface area contributed by atoms with Crippen molar-refractivity contribution >= 4 is 50.7 Å². The summed E-state index contributed by atoms with van der Waals surface area (Å²) in [4.78, 5) is 28.1. The van der Waals surface area contributed by atoms with E-state index in [1.807, 2.05) is 13.8 Å². The third kappa shape index (κ3) is 6.67. The van der Waals surface area contributed by atoms with E-state index in [1.54, 1.807) is 49.4 Å². The van der Waals surface area contributed by atoms with E-state index < -0.39 is 28.5 Å². The highest BCUT2D eigenvalue weighted by Crippen LogP contribution is 2.28. The molecule has 0 saturated carbocycles. The molecule has 1 atom stereocenters. The molecule has 0 spiro atoms. The number of amides is 2. The van der Waals surface area contributed by atoms with Crippen LogP contribution in [-0.2, 0) is 26.2 Å². The topological polar surface area (TPSA) is 86.8 Å². The van der Waals surface area contributed by atoms with Crippen molar-refractivity contribution in [1.29, 1.82) is 0 Å². The Morgan fingerprint density at radius 1 is 0.947 bits per heavy atom. The summed E-state index contributed by atoms with van der Waals surface area (Å²) in [6.45, 7) is 5.09. The molecule has 3 aromatic carbocycles. The number of sulfonamides is 1. The largest absolute Gasteiger partial charge is 0.357 e. The second kappa shape index (κ2) is 12.7. The number of hydrogen-bond donors (Lipinski definition) is 1. The number of anilines is 1. The molecule has 0 aliphatic heterocycles. The molecule has 0 aromatic heterocycles. The predicted molar refractivity (Wildman–Crippen MR) is 152 cm³/mol. The van der Waals surface area contributed by atoms with Crippen LogP contribution in [0, 0.1) is 13.8 Å². The second-order valence-corrected chi connectivity index (χ2v) is 11.6. The van der Waals surface area contributed by atoms with E-state index in [0.29, 0.717) is 27.7 Å². The zero-order valence-electron chi connectivity index (χ0n) is 21.7. The van der Waals surface area contributed by atoms with Crippen LogP contribution < -0.4 is 9.62 Å². The second-order valence-electron chi connectivity index (χ2n) is 8.89. The minimum absolute atomic E-state index is 0.0103. The predicted octanol–water partition coefficient (Wildman–Crippen LogP) is 5.36. The average Bonchev–Trinajstić information content (AvgIpc) is 2.89. The van der Waals surface area contributed by atoms with Crippen LogP contribution in [0.15, 0.2) is 71.6 Å². The highest BCUT2D eigenvalue weighted by atomic mass is 35.5. The zero-order chi connectivity index (χ0) is 28.0. The maximum atomic E-state index is 13.9. The van der Waals surface area contributed by atoms with Crippen molar-refractivity contribution < 1.29 is 18.0 Å². The van der Waals surface area contributed by atoms with Gasteiger partial charge >= 0.3 is 0 Å². The first-order valence-corrected chi connectivity index (χ1v) is 14.3. The minimum Gasteiger partial charge on any atom is -0.357 e. The zero-order valence-corrected chi connectivity index (χ0v) is 24.1. The Morgan fingerprint density at radius 2 is 1.61 bits per heavy atom. The number of nitrogens with one attached hydrogen (secondary N) is 1. The van der Waals surface area contributed by atoms with Gasteiger partial charge in [-0.05, 0) is 79.4 Å². The van der Waals surface area contributed by atoms with Crippen LogP contribution in [0.2, 0.25) is 10.0 Å². The van der Waals surface area contributed by atoms with Gasteiger partial charge < -0.3 is 10.2 Å². The fourth-order valence-corrected chi connectivity index (χ4v) is 5.77. The number of likely N-dealkylation sites (N-methyl/N-ethyl adjacent to an activating group) is 1. The molecule has 38 heavy (non-hydrogen) atoms. The van der Waals surface area contributed by atoms with Crippen LogP contribution in [0.25, 0.3) is 0 Å². The Morgan fingerprint density at radius 3 is 2.18 bits per heavy atom. The lowest BCUT2D eigenvalue weighted by atomic mass is 10.1. The molecule has 0 aliphatic carbocycles. The molecule has 0 fully saturated rings. The number of benzene rings is 3. The van der Waals surface area contributed by atoms with Gasteiger partial charge in [0.25, 0.3) is 10.0 Å². The molecule has 2 amide bonds. The Hall–Kier alpha value is -3.07. The highest BCUT2D eigenvalue weighted by Gasteiger charge is 2.33. The maximum Gasteiger partial charge on any atom is 0.264 e. The smallest absolute Gasteiger partial charge is 0.264 e. The van der Waals surface area contributed by atoms with Crippen molar-refractivity contribution in [1.82, 2.24) is 10.2 Å². The van der Waals surface area contributed by atoms with E-state index in [1.165, 1.54) is 36.2 Å². The van der Waals surface area contributed by atoms with Gasteiger partial charge in [0, 0.05) is 23.6 Å². The van der Waals surface area contributed by atoms with Gasteiger partial charge in [0.1, 0.15) is 12.6 Å². The fraction of sp³-hybridized carbons (Fsp3) is 0.286. The van der Waals surface area contributed by atoms with E-state index in [2.05, 4.69) is 5.32 Å². The summed E-state index contributed by atoms with van der Waals surface area (Å²) in [5, 5.41) is 3.43. The van der Waals surface area contributed by atoms with Crippen LogP contribution in [0.4, 0.5) is 5.69 Å². The summed E-state index contributed by atoms with van der Waals surface area (Å²) in [6, 6.07) is 17.2. The van der Waals surface area contributed by atoms with Crippen molar-refractivity contribution in [2.24, 2.45) is 0 Å². The van der Waals surface area contributed by atoms with Crippen LogP contribution in [-0.4, -0.2) is 44.8 Å². The highest BCUT2D eigenvalue weighted by molar-refractivity contribution is 7.92. The first-order valence-electron chi connectivity index (χ1n) is 12.1. The molecule has 0 aliphatic rings. The van der Waals surface area contributed by atoms with Gasteiger partial charge in [-0.15, -0.1) is 0 Å². The number of rotatable bonds is 10. The molecule has 7 nitrogen and oxygen atoms in total. The number of aryl methyl sites for hydroxylation is 2.